The van der Waals surface area contributed by atoms with Gasteiger partial charge in [0.05, 0.1) is 0 Å². The van der Waals surface area contributed by atoms with Crippen molar-refractivity contribution in [1.29, 1.82) is 0 Å². The molecule has 3 aliphatic rings. The summed E-state index contributed by atoms with van der Waals surface area (Å²) in [5, 5.41) is 9.58. The summed E-state index contributed by atoms with van der Waals surface area (Å²) >= 11 is 0. The molecule has 6 heteroatoms. The Kier molecular flexibility index (Phi) is 5.75. The molecule has 0 bridgehead atoms. The predicted molar refractivity (Wildman–Crippen MR) is 92.4 cm³/mol. The number of nitrogens with one attached hydrogen (secondary N) is 3. The van der Waals surface area contributed by atoms with E-state index in [4.69, 9.17) is 4.99 Å². The first-order valence-electron chi connectivity index (χ1n) is 9.30. The van der Waals surface area contributed by atoms with Crippen LogP contribution in [0.25, 0.3) is 0 Å². The number of rotatable bonds is 8. The molecule has 0 aromatic carbocycles. The van der Waals surface area contributed by atoms with Crippen LogP contribution in [0.4, 0.5) is 0 Å². The molecule has 0 aromatic rings. The van der Waals surface area contributed by atoms with Gasteiger partial charge in [0.2, 0.25) is 5.91 Å². The average Bonchev–Trinajstić information content (AvgIpc) is 3.47. The summed E-state index contributed by atoms with van der Waals surface area (Å²) in [4.78, 5) is 18.9. The van der Waals surface area contributed by atoms with E-state index in [1.165, 1.54) is 32.4 Å². The fourth-order valence-electron chi connectivity index (χ4n) is 3.20. The van der Waals surface area contributed by atoms with Crippen LogP contribution >= 0.6 is 0 Å². The van der Waals surface area contributed by atoms with Gasteiger partial charge in [0.1, 0.15) is 0 Å². The largest absolute Gasteiger partial charge is 0.357 e. The maximum atomic E-state index is 11.6. The Bertz CT molecular complexity index is 431. The van der Waals surface area contributed by atoms with Crippen molar-refractivity contribution >= 4 is 11.9 Å². The van der Waals surface area contributed by atoms with Crippen molar-refractivity contribution in [1.82, 2.24) is 20.9 Å². The highest BCUT2D eigenvalue weighted by atomic mass is 16.2. The predicted octanol–water partition coefficient (Wildman–Crippen LogP) is 0.552. The standard InChI is InChI=1S/C17H31N5O/c1-2-18-17(20-9-8-19-16(23)14-3-4-14)21-11-13-7-10-22(12-13)15-5-6-15/h13-15H,2-12H2,1H3,(H,19,23)(H2,18,20,21). The number of carbonyl (C=O) groups is 1. The van der Waals surface area contributed by atoms with Crippen LogP contribution in [0, 0.1) is 11.8 Å². The van der Waals surface area contributed by atoms with E-state index in [2.05, 4.69) is 27.8 Å². The van der Waals surface area contributed by atoms with Crippen molar-refractivity contribution in [3.8, 4) is 0 Å². The molecule has 1 aliphatic heterocycles. The zero-order chi connectivity index (χ0) is 16.1. The molecule has 0 spiro atoms. The Hall–Kier alpha value is -1.30. The van der Waals surface area contributed by atoms with Gasteiger partial charge in [0, 0.05) is 44.7 Å². The number of likely N-dealkylation sites (tertiary alicyclic amines) is 1. The lowest BCUT2D eigenvalue weighted by molar-refractivity contribution is -0.122. The minimum absolute atomic E-state index is 0.208. The van der Waals surface area contributed by atoms with E-state index in [1.807, 2.05) is 0 Å². The number of nitrogens with zero attached hydrogens (tertiary/aromatic N) is 2. The summed E-state index contributed by atoms with van der Waals surface area (Å²) < 4.78 is 0. The van der Waals surface area contributed by atoms with Gasteiger partial charge in [-0.2, -0.15) is 0 Å². The second kappa shape index (κ2) is 7.99. The highest BCUT2D eigenvalue weighted by Crippen LogP contribution is 2.31. The van der Waals surface area contributed by atoms with Crippen LogP contribution in [-0.2, 0) is 4.79 Å². The number of hydrogen-bond acceptors (Lipinski definition) is 3. The fraction of sp³-hybridized carbons (Fsp3) is 0.882. The SMILES string of the molecule is CCNC(=NCC1CCN(C2CC2)C1)NCCNC(=O)C1CC1. The van der Waals surface area contributed by atoms with E-state index in [0.717, 1.165) is 44.5 Å². The zero-order valence-electron chi connectivity index (χ0n) is 14.3. The van der Waals surface area contributed by atoms with Gasteiger partial charge in [0.25, 0.3) is 0 Å². The fourth-order valence-corrected chi connectivity index (χ4v) is 3.20. The van der Waals surface area contributed by atoms with E-state index < -0.39 is 0 Å². The Morgan fingerprint density at radius 2 is 1.87 bits per heavy atom. The monoisotopic (exact) mass is 321 g/mol. The van der Waals surface area contributed by atoms with Crippen LogP contribution in [0.5, 0.6) is 0 Å². The second-order valence-corrected chi connectivity index (χ2v) is 7.09. The molecule has 0 radical (unpaired) electrons. The molecule has 0 aromatic heterocycles. The zero-order valence-corrected chi connectivity index (χ0v) is 14.3. The van der Waals surface area contributed by atoms with E-state index in [0.29, 0.717) is 12.5 Å². The van der Waals surface area contributed by atoms with Gasteiger partial charge < -0.3 is 20.9 Å². The maximum absolute atomic E-state index is 11.6. The number of aliphatic imine (C=N–C) groups is 1. The third kappa shape index (κ3) is 5.37. The van der Waals surface area contributed by atoms with E-state index in [-0.39, 0.29) is 11.8 Å². The minimum Gasteiger partial charge on any atom is -0.357 e. The summed E-state index contributed by atoms with van der Waals surface area (Å²) in [6, 6.07) is 0.880. The van der Waals surface area contributed by atoms with Crippen LogP contribution < -0.4 is 16.0 Å². The number of guanidine groups is 1. The third-order valence-corrected chi connectivity index (χ3v) is 4.90. The normalized spacial score (nSPS) is 25.4. The number of amides is 1. The van der Waals surface area contributed by atoms with Crippen molar-refractivity contribution in [2.45, 2.75) is 45.1 Å². The summed E-state index contributed by atoms with van der Waals surface area (Å²) in [6.45, 7) is 7.69. The third-order valence-electron chi connectivity index (χ3n) is 4.90. The Morgan fingerprint density at radius 3 is 2.57 bits per heavy atom. The quantitative estimate of drug-likeness (QED) is 0.347. The van der Waals surface area contributed by atoms with Gasteiger partial charge in [0.15, 0.2) is 5.96 Å². The molecule has 6 nitrogen and oxygen atoms in total. The molecule has 3 fully saturated rings. The molecule has 1 heterocycles. The topological polar surface area (TPSA) is 68.8 Å². The summed E-state index contributed by atoms with van der Waals surface area (Å²) in [5.41, 5.74) is 0. The molecular weight excluding hydrogens is 290 g/mol. The van der Waals surface area contributed by atoms with E-state index in [9.17, 15) is 4.79 Å². The molecule has 2 aliphatic carbocycles. The Balaban J connectivity index is 1.34. The number of hydrogen-bond donors (Lipinski definition) is 3. The molecule has 1 unspecified atom stereocenters. The summed E-state index contributed by atoms with van der Waals surface area (Å²) in [6.07, 6.45) is 6.18. The second-order valence-electron chi connectivity index (χ2n) is 7.09. The first-order chi connectivity index (χ1) is 11.3. The molecule has 2 saturated carbocycles. The van der Waals surface area contributed by atoms with E-state index >= 15 is 0 Å². The Labute approximate surface area is 139 Å². The van der Waals surface area contributed by atoms with Gasteiger partial charge in [-0.15, -0.1) is 0 Å². The highest BCUT2D eigenvalue weighted by Gasteiger charge is 2.34. The summed E-state index contributed by atoms with van der Waals surface area (Å²) in [7, 11) is 0. The first-order valence-corrected chi connectivity index (χ1v) is 9.30. The smallest absolute Gasteiger partial charge is 0.223 e. The molecule has 1 amide bonds. The van der Waals surface area contributed by atoms with E-state index in [1.54, 1.807) is 0 Å². The molecule has 3 N–H and O–H groups in total. The highest BCUT2D eigenvalue weighted by molar-refractivity contribution is 5.81. The average molecular weight is 321 g/mol. The van der Waals surface area contributed by atoms with Crippen molar-refractivity contribution in [2.24, 2.45) is 16.8 Å². The lowest BCUT2D eigenvalue weighted by Gasteiger charge is -2.15. The molecular formula is C17H31N5O. The molecule has 3 rings (SSSR count). The van der Waals surface area contributed by atoms with Gasteiger partial charge in [-0.25, -0.2) is 0 Å². The van der Waals surface area contributed by atoms with Crippen molar-refractivity contribution < 1.29 is 4.79 Å². The molecule has 130 valence electrons. The Morgan fingerprint density at radius 1 is 1.09 bits per heavy atom. The van der Waals surface area contributed by atoms with Crippen LogP contribution in [0.2, 0.25) is 0 Å². The van der Waals surface area contributed by atoms with Gasteiger partial charge in [-0.3, -0.25) is 9.79 Å². The van der Waals surface area contributed by atoms with Crippen molar-refractivity contribution in [2.75, 3.05) is 39.3 Å². The van der Waals surface area contributed by atoms with Crippen LogP contribution in [0.3, 0.4) is 0 Å². The maximum Gasteiger partial charge on any atom is 0.223 e. The van der Waals surface area contributed by atoms with Crippen LogP contribution in [0.15, 0.2) is 4.99 Å². The molecule has 23 heavy (non-hydrogen) atoms. The van der Waals surface area contributed by atoms with Crippen molar-refractivity contribution in [3.05, 3.63) is 0 Å². The van der Waals surface area contributed by atoms with Crippen LogP contribution in [0.1, 0.15) is 39.0 Å². The number of carbonyl (C=O) groups excluding carboxylic acids is 1. The summed E-state index contributed by atoms with van der Waals surface area (Å²) in [5.74, 6) is 2.06. The van der Waals surface area contributed by atoms with Gasteiger partial charge >= 0.3 is 0 Å². The van der Waals surface area contributed by atoms with Crippen molar-refractivity contribution in [3.63, 3.8) is 0 Å². The van der Waals surface area contributed by atoms with Gasteiger partial charge in [-0.05, 0) is 51.5 Å². The first kappa shape index (κ1) is 16.6. The molecule has 1 saturated heterocycles. The minimum atomic E-state index is 0.208. The van der Waals surface area contributed by atoms with Gasteiger partial charge in [-0.1, -0.05) is 0 Å². The lowest BCUT2D eigenvalue weighted by atomic mass is 10.1. The lowest BCUT2D eigenvalue weighted by Crippen LogP contribution is -2.42. The van der Waals surface area contributed by atoms with Crippen LogP contribution in [-0.4, -0.2) is 62.1 Å². The molecule has 1 atom stereocenters.